The zero-order valence-electron chi connectivity index (χ0n) is 16.9. The third kappa shape index (κ3) is 5.08. The molecule has 0 fully saturated rings. The van der Waals surface area contributed by atoms with Crippen molar-refractivity contribution in [1.82, 2.24) is 5.32 Å². The van der Waals surface area contributed by atoms with Gasteiger partial charge in [-0.05, 0) is 43.3 Å². The van der Waals surface area contributed by atoms with Crippen LogP contribution in [0.1, 0.15) is 21.7 Å². The van der Waals surface area contributed by atoms with Gasteiger partial charge in [0.1, 0.15) is 11.5 Å². The van der Waals surface area contributed by atoms with Gasteiger partial charge in [-0.3, -0.25) is 9.59 Å². The highest BCUT2D eigenvalue weighted by Gasteiger charge is 2.16. The second-order valence-corrected chi connectivity index (χ2v) is 6.42. The molecule has 2 aromatic carbocycles. The van der Waals surface area contributed by atoms with Gasteiger partial charge in [-0.15, -0.1) is 0 Å². The van der Waals surface area contributed by atoms with Crippen molar-refractivity contribution in [2.45, 2.75) is 6.92 Å². The molecule has 0 saturated heterocycles. The lowest BCUT2D eigenvalue weighted by molar-refractivity contribution is -0.113. The topological polar surface area (TPSA) is 89.8 Å². The quantitative estimate of drug-likeness (QED) is 0.579. The molecular weight excluding hydrogens is 384 g/mol. The molecule has 3 aromatic rings. The summed E-state index contributed by atoms with van der Waals surface area (Å²) in [7, 11) is 3.04. The summed E-state index contributed by atoms with van der Waals surface area (Å²) in [6.45, 7) is 1.93. The molecule has 0 aliphatic heterocycles. The number of ether oxygens (including phenoxy) is 2. The first-order valence-corrected chi connectivity index (χ1v) is 9.16. The van der Waals surface area contributed by atoms with Gasteiger partial charge in [0.2, 0.25) is 0 Å². The Morgan fingerprint density at radius 3 is 2.33 bits per heavy atom. The number of rotatable bonds is 7. The van der Waals surface area contributed by atoms with Gasteiger partial charge in [0.25, 0.3) is 11.8 Å². The van der Waals surface area contributed by atoms with Gasteiger partial charge in [0.05, 0.1) is 20.5 Å². The maximum atomic E-state index is 12.9. The highest BCUT2D eigenvalue weighted by molar-refractivity contribution is 6.10. The molecule has 3 rings (SSSR count). The van der Waals surface area contributed by atoms with E-state index in [0.717, 1.165) is 5.56 Å². The van der Waals surface area contributed by atoms with Crippen molar-refractivity contribution < 1.29 is 23.5 Å². The molecule has 0 saturated carbocycles. The fourth-order valence-electron chi connectivity index (χ4n) is 2.69. The number of nitrogens with one attached hydrogen (secondary N) is 2. The normalized spacial score (nSPS) is 11.0. The fraction of sp³-hybridized carbons (Fsp3) is 0.130. The third-order valence-corrected chi connectivity index (χ3v) is 4.28. The van der Waals surface area contributed by atoms with Crippen LogP contribution in [0.2, 0.25) is 0 Å². The Morgan fingerprint density at radius 1 is 0.967 bits per heavy atom. The summed E-state index contributed by atoms with van der Waals surface area (Å²) in [5.41, 5.74) is 1.98. The van der Waals surface area contributed by atoms with Gasteiger partial charge < -0.3 is 24.5 Å². The second kappa shape index (κ2) is 9.47. The number of amides is 2. The van der Waals surface area contributed by atoms with Crippen LogP contribution in [0.5, 0.6) is 11.5 Å². The number of anilines is 1. The predicted molar refractivity (Wildman–Crippen MR) is 114 cm³/mol. The first-order valence-electron chi connectivity index (χ1n) is 9.16. The molecule has 0 bridgehead atoms. The highest BCUT2D eigenvalue weighted by Crippen LogP contribution is 2.29. The lowest BCUT2D eigenvalue weighted by atomic mass is 10.1. The largest absolute Gasteiger partial charge is 0.493 e. The fourth-order valence-corrected chi connectivity index (χ4v) is 2.69. The van der Waals surface area contributed by atoms with Gasteiger partial charge in [0.15, 0.2) is 11.5 Å². The Balaban J connectivity index is 1.84. The minimum absolute atomic E-state index is 0.0327. The number of carbonyl (C=O) groups is 2. The van der Waals surface area contributed by atoms with Gasteiger partial charge in [-0.2, -0.15) is 0 Å². The van der Waals surface area contributed by atoms with Gasteiger partial charge in [-0.1, -0.05) is 17.7 Å². The minimum atomic E-state index is -0.515. The molecule has 1 aromatic heterocycles. The molecule has 7 heteroatoms. The number of aryl methyl sites for hydroxylation is 1. The van der Waals surface area contributed by atoms with Crippen molar-refractivity contribution in [2.75, 3.05) is 19.5 Å². The van der Waals surface area contributed by atoms with Crippen LogP contribution < -0.4 is 20.1 Å². The van der Waals surface area contributed by atoms with Crippen LogP contribution in [0, 0.1) is 6.92 Å². The van der Waals surface area contributed by atoms with E-state index in [2.05, 4.69) is 10.6 Å². The van der Waals surface area contributed by atoms with Crippen molar-refractivity contribution in [3.8, 4) is 11.5 Å². The second-order valence-electron chi connectivity index (χ2n) is 6.42. The number of carbonyl (C=O) groups excluding carboxylic acids is 2. The van der Waals surface area contributed by atoms with E-state index in [0.29, 0.717) is 28.5 Å². The number of methoxy groups -OCH3 is 2. The Labute approximate surface area is 174 Å². The first kappa shape index (κ1) is 20.7. The molecule has 7 nitrogen and oxygen atoms in total. The standard InChI is InChI=1S/C23H22N2O5/c1-15-6-8-16(9-7-15)22(26)25-19(14-18-5-4-12-30-18)23(27)24-17-10-11-20(28-2)21(13-17)29-3/h4-14H,1-3H3,(H,24,27)(H,25,26)/b19-14-. The number of benzene rings is 2. The van der Waals surface area contributed by atoms with E-state index in [1.54, 1.807) is 42.5 Å². The lowest BCUT2D eigenvalue weighted by Gasteiger charge is -2.13. The summed E-state index contributed by atoms with van der Waals surface area (Å²) in [6, 6.07) is 15.4. The first-order chi connectivity index (χ1) is 14.5. The molecule has 30 heavy (non-hydrogen) atoms. The molecule has 0 radical (unpaired) electrons. The predicted octanol–water partition coefficient (Wildman–Crippen LogP) is 4.01. The molecular formula is C23H22N2O5. The molecule has 0 aliphatic rings. The van der Waals surface area contributed by atoms with Crippen LogP contribution in [0.3, 0.4) is 0 Å². The zero-order chi connectivity index (χ0) is 21.5. The smallest absolute Gasteiger partial charge is 0.272 e. The molecule has 1 heterocycles. The monoisotopic (exact) mass is 406 g/mol. The van der Waals surface area contributed by atoms with Crippen molar-refractivity contribution in [2.24, 2.45) is 0 Å². The molecule has 0 atom stereocenters. The Bertz CT molecular complexity index is 1050. The van der Waals surface area contributed by atoms with Crippen LogP contribution in [0.25, 0.3) is 6.08 Å². The van der Waals surface area contributed by atoms with E-state index in [9.17, 15) is 9.59 Å². The third-order valence-electron chi connectivity index (χ3n) is 4.28. The van der Waals surface area contributed by atoms with E-state index in [-0.39, 0.29) is 5.70 Å². The summed E-state index contributed by atoms with van der Waals surface area (Å²) in [5, 5.41) is 5.40. The average Bonchev–Trinajstić information content (AvgIpc) is 3.26. The summed E-state index contributed by atoms with van der Waals surface area (Å²) in [5.74, 6) is 0.510. The van der Waals surface area contributed by atoms with Gasteiger partial charge in [0, 0.05) is 23.4 Å². The van der Waals surface area contributed by atoms with Gasteiger partial charge >= 0.3 is 0 Å². The molecule has 0 spiro atoms. The SMILES string of the molecule is COc1ccc(NC(=O)/C(=C/c2ccco2)NC(=O)c2ccc(C)cc2)cc1OC. The van der Waals surface area contributed by atoms with Crippen LogP contribution >= 0.6 is 0 Å². The number of hydrogen-bond donors (Lipinski definition) is 2. The maximum absolute atomic E-state index is 12.9. The summed E-state index contributed by atoms with van der Waals surface area (Å²) in [6.07, 6.45) is 2.94. The van der Waals surface area contributed by atoms with Crippen LogP contribution in [-0.4, -0.2) is 26.0 Å². The van der Waals surface area contributed by atoms with Crippen LogP contribution in [0.4, 0.5) is 5.69 Å². The molecule has 0 aliphatic carbocycles. The van der Waals surface area contributed by atoms with Crippen molar-refractivity contribution >= 4 is 23.6 Å². The van der Waals surface area contributed by atoms with E-state index in [1.807, 2.05) is 19.1 Å². The Morgan fingerprint density at radius 2 is 1.70 bits per heavy atom. The molecule has 0 unspecified atom stereocenters. The maximum Gasteiger partial charge on any atom is 0.272 e. The molecule has 154 valence electrons. The van der Waals surface area contributed by atoms with E-state index in [1.165, 1.54) is 26.6 Å². The zero-order valence-corrected chi connectivity index (χ0v) is 16.9. The highest BCUT2D eigenvalue weighted by atomic mass is 16.5. The molecule has 2 N–H and O–H groups in total. The van der Waals surface area contributed by atoms with E-state index < -0.39 is 11.8 Å². The molecule has 2 amide bonds. The average molecular weight is 406 g/mol. The van der Waals surface area contributed by atoms with Crippen molar-refractivity contribution in [3.05, 3.63) is 83.4 Å². The minimum Gasteiger partial charge on any atom is -0.493 e. The van der Waals surface area contributed by atoms with Gasteiger partial charge in [-0.25, -0.2) is 0 Å². The van der Waals surface area contributed by atoms with Crippen LogP contribution in [0.15, 0.2) is 71.0 Å². The summed E-state index contributed by atoms with van der Waals surface area (Å²) in [4.78, 5) is 25.5. The summed E-state index contributed by atoms with van der Waals surface area (Å²) < 4.78 is 15.8. The Kier molecular flexibility index (Phi) is 6.54. The Hall–Kier alpha value is -4.00. The van der Waals surface area contributed by atoms with E-state index in [4.69, 9.17) is 13.9 Å². The van der Waals surface area contributed by atoms with E-state index >= 15 is 0 Å². The number of hydrogen-bond acceptors (Lipinski definition) is 5. The lowest BCUT2D eigenvalue weighted by Crippen LogP contribution is -2.30. The van der Waals surface area contributed by atoms with Crippen LogP contribution in [-0.2, 0) is 4.79 Å². The number of furan rings is 1. The summed E-state index contributed by atoms with van der Waals surface area (Å²) >= 11 is 0. The van der Waals surface area contributed by atoms with Crippen molar-refractivity contribution in [3.63, 3.8) is 0 Å². The van der Waals surface area contributed by atoms with Crippen molar-refractivity contribution in [1.29, 1.82) is 0 Å².